The molecule has 12 radical (unpaired) electrons. The molecule has 7 heteroatoms. The summed E-state index contributed by atoms with van der Waals surface area (Å²) in [6.45, 7) is 4.40. The van der Waals surface area contributed by atoms with Crippen LogP contribution in [0, 0.1) is 5.92 Å². The van der Waals surface area contributed by atoms with Crippen LogP contribution in [0.25, 0.3) is 22.2 Å². The molecule has 1 heterocycles. The standard InChI is InChI=1S/C21H17B6N/c1-12(2)8-13-4-3-5-19-17(13)6-7-18(28-19)14-9-15(20(22,23)24)11-16(10-14)21(25,26)27/h3-7,9-12H,8H2,1-2H3. The summed E-state index contributed by atoms with van der Waals surface area (Å²) in [6, 6.07) is 15.3. The van der Waals surface area contributed by atoms with Crippen molar-refractivity contribution in [1.82, 2.24) is 4.98 Å². The number of benzene rings is 2. The molecule has 0 aliphatic carbocycles. The molecule has 124 valence electrons. The van der Waals surface area contributed by atoms with Crippen molar-refractivity contribution in [2.75, 3.05) is 0 Å². The fourth-order valence-corrected chi connectivity index (χ4v) is 3.27. The van der Waals surface area contributed by atoms with Gasteiger partial charge in [-0.3, -0.25) is 0 Å². The Morgan fingerprint density at radius 3 is 1.96 bits per heavy atom. The quantitative estimate of drug-likeness (QED) is 0.645. The van der Waals surface area contributed by atoms with Crippen LogP contribution in [-0.2, 0) is 16.6 Å². The van der Waals surface area contributed by atoms with Gasteiger partial charge in [0.2, 0.25) is 0 Å². The minimum absolute atomic E-state index is 0.459. The van der Waals surface area contributed by atoms with Crippen molar-refractivity contribution in [3.63, 3.8) is 0 Å². The van der Waals surface area contributed by atoms with E-state index in [2.05, 4.69) is 26.0 Å². The van der Waals surface area contributed by atoms with E-state index in [0.29, 0.717) is 17.0 Å². The highest BCUT2D eigenvalue weighted by Crippen LogP contribution is 2.30. The van der Waals surface area contributed by atoms with Gasteiger partial charge in [-0.15, -0.1) is 10.2 Å². The first-order valence-electron chi connectivity index (χ1n) is 9.23. The lowest BCUT2D eigenvalue weighted by Gasteiger charge is -2.27. The molecule has 0 saturated carbocycles. The molecular formula is C21H17B6N. The Labute approximate surface area is 175 Å². The van der Waals surface area contributed by atoms with Gasteiger partial charge in [-0.2, -0.15) is 0 Å². The van der Waals surface area contributed by atoms with Crippen LogP contribution in [0.1, 0.15) is 30.5 Å². The molecule has 1 nitrogen and oxygen atoms in total. The Bertz CT molecular complexity index is 970. The van der Waals surface area contributed by atoms with Crippen molar-refractivity contribution >= 4 is 58.0 Å². The molecule has 0 atom stereocenters. The van der Waals surface area contributed by atoms with Crippen LogP contribution in [0.2, 0.25) is 0 Å². The zero-order valence-electron chi connectivity index (χ0n) is 16.3. The summed E-state index contributed by atoms with van der Waals surface area (Å²) >= 11 is 0. The maximum atomic E-state index is 5.89. The molecule has 1 aromatic heterocycles. The summed E-state index contributed by atoms with van der Waals surface area (Å²) in [4.78, 5) is 4.81. The SMILES string of the molecule is [B]C([B])([B])c1cc(-c2ccc3c(CC(C)C)cccc3n2)cc(C([B])([B])[B])c1. The maximum absolute atomic E-state index is 5.89. The first-order valence-corrected chi connectivity index (χ1v) is 9.23. The van der Waals surface area contributed by atoms with Gasteiger partial charge in [0, 0.05) is 10.9 Å². The largest absolute Gasteiger partial charge is 0.248 e. The number of aromatic nitrogens is 1. The molecule has 0 aliphatic heterocycles. The summed E-state index contributed by atoms with van der Waals surface area (Å²) in [5.41, 5.74) is 4.56. The highest BCUT2D eigenvalue weighted by atomic mass is 14.7. The van der Waals surface area contributed by atoms with E-state index in [1.165, 1.54) is 5.56 Å². The summed E-state index contributed by atoms with van der Waals surface area (Å²) in [5, 5.41) is -1.98. The molecule has 3 rings (SSSR count). The van der Waals surface area contributed by atoms with Crippen LogP contribution in [0.4, 0.5) is 0 Å². The Morgan fingerprint density at radius 1 is 0.821 bits per heavy atom. The van der Waals surface area contributed by atoms with Crippen LogP contribution >= 0.6 is 0 Å². The molecule has 0 N–H and O–H groups in total. The second-order valence-corrected chi connectivity index (χ2v) is 7.94. The number of nitrogens with zero attached hydrogens (tertiary/aromatic N) is 1. The molecular weight excluding hydrogens is 331 g/mol. The fraction of sp³-hybridized carbons (Fsp3) is 0.286. The molecule has 0 fully saturated rings. The van der Waals surface area contributed by atoms with Crippen LogP contribution in [0.3, 0.4) is 0 Å². The van der Waals surface area contributed by atoms with E-state index in [1.54, 1.807) is 18.2 Å². The number of pyridine rings is 1. The van der Waals surface area contributed by atoms with Crippen molar-refractivity contribution in [2.45, 2.75) is 30.5 Å². The average molecular weight is 348 g/mol. The lowest BCUT2D eigenvalue weighted by atomic mass is 9.37. The van der Waals surface area contributed by atoms with Gasteiger partial charge >= 0.3 is 0 Å². The van der Waals surface area contributed by atoms with Crippen molar-refractivity contribution in [1.29, 1.82) is 0 Å². The van der Waals surface area contributed by atoms with Gasteiger partial charge in [-0.1, -0.05) is 61.4 Å². The maximum Gasteiger partial charge on any atom is 0.0712 e. The van der Waals surface area contributed by atoms with E-state index in [4.69, 9.17) is 52.1 Å². The lowest BCUT2D eigenvalue weighted by Crippen LogP contribution is -2.30. The van der Waals surface area contributed by atoms with Crippen LogP contribution in [-0.4, -0.2) is 52.1 Å². The van der Waals surface area contributed by atoms with Crippen LogP contribution in [0.15, 0.2) is 48.5 Å². The molecule has 0 saturated heterocycles. The van der Waals surface area contributed by atoms with Gasteiger partial charge in [0.15, 0.2) is 0 Å². The highest BCUT2D eigenvalue weighted by molar-refractivity contribution is 6.60. The molecule has 0 amide bonds. The van der Waals surface area contributed by atoms with Crippen molar-refractivity contribution < 1.29 is 0 Å². The minimum Gasteiger partial charge on any atom is -0.248 e. The third-order valence-electron chi connectivity index (χ3n) is 4.68. The minimum atomic E-state index is -1.56. The third-order valence-corrected chi connectivity index (χ3v) is 4.68. The lowest BCUT2D eigenvalue weighted by molar-refractivity contribution is 0.650. The average Bonchev–Trinajstić information content (AvgIpc) is 2.59. The molecule has 0 bridgehead atoms. The predicted molar refractivity (Wildman–Crippen MR) is 124 cm³/mol. The first-order chi connectivity index (χ1) is 12.9. The Kier molecular flexibility index (Phi) is 5.67. The molecule has 28 heavy (non-hydrogen) atoms. The normalized spacial score (nSPS) is 12.5. The van der Waals surface area contributed by atoms with Gasteiger partial charge in [0.1, 0.15) is 0 Å². The van der Waals surface area contributed by atoms with Gasteiger partial charge < -0.3 is 0 Å². The molecule has 0 unspecified atom stereocenters. The summed E-state index contributed by atoms with van der Waals surface area (Å²) in [7, 11) is 35.3. The Balaban J connectivity index is 2.16. The molecule has 0 spiro atoms. The fourth-order valence-electron chi connectivity index (χ4n) is 3.27. The highest BCUT2D eigenvalue weighted by Gasteiger charge is 2.20. The zero-order valence-corrected chi connectivity index (χ0v) is 16.3. The zero-order chi connectivity index (χ0) is 20.7. The van der Waals surface area contributed by atoms with E-state index in [-0.39, 0.29) is 0 Å². The first kappa shape index (κ1) is 21.0. The monoisotopic (exact) mass is 349 g/mol. The number of hydrogen-bond donors (Lipinski definition) is 0. The predicted octanol–water partition coefficient (Wildman–Crippen LogP) is 2.33. The van der Waals surface area contributed by atoms with Crippen molar-refractivity contribution in [2.24, 2.45) is 5.92 Å². The van der Waals surface area contributed by atoms with Gasteiger partial charge in [-0.05, 0) is 30.0 Å². The van der Waals surface area contributed by atoms with Crippen molar-refractivity contribution in [3.05, 3.63) is 65.2 Å². The van der Waals surface area contributed by atoms with Gasteiger partial charge in [-0.25, -0.2) is 4.98 Å². The van der Waals surface area contributed by atoms with E-state index in [9.17, 15) is 0 Å². The smallest absolute Gasteiger partial charge is 0.0712 e. The summed E-state index contributed by atoms with van der Waals surface area (Å²) in [5.74, 6) is 0.558. The Hall–Kier alpha value is -1.76. The second kappa shape index (κ2) is 7.58. The number of hydrogen-bond acceptors (Lipinski definition) is 1. The van der Waals surface area contributed by atoms with Crippen LogP contribution in [0.5, 0.6) is 0 Å². The van der Waals surface area contributed by atoms with Crippen molar-refractivity contribution in [3.8, 4) is 11.3 Å². The van der Waals surface area contributed by atoms with Gasteiger partial charge in [0.05, 0.1) is 58.3 Å². The molecule has 0 aliphatic rings. The number of fused-ring (bicyclic) bond motifs is 1. The topological polar surface area (TPSA) is 12.9 Å². The summed E-state index contributed by atoms with van der Waals surface area (Å²) < 4.78 is 0. The molecule has 2 aromatic carbocycles. The third kappa shape index (κ3) is 4.62. The summed E-state index contributed by atoms with van der Waals surface area (Å²) in [6.07, 6.45) is 0.990. The van der Waals surface area contributed by atoms with Crippen LogP contribution < -0.4 is 0 Å². The number of rotatable bonds is 5. The van der Waals surface area contributed by atoms with E-state index < -0.39 is 10.2 Å². The van der Waals surface area contributed by atoms with E-state index in [1.807, 2.05) is 18.2 Å². The van der Waals surface area contributed by atoms with E-state index >= 15 is 0 Å². The van der Waals surface area contributed by atoms with E-state index in [0.717, 1.165) is 28.6 Å². The molecule has 3 aromatic rings. The Morgan fingerprint density at radius 2 is 1.43 bits per heavy atom. The van der Waals surface area contributed by atoms with Gasteiger partial charge in [0.25, 0.3) is 0 Å². The second-order valence-electron chi connectivity index (χ2n) is 7.94.